The highest BCUT2D eigenvalue weighted by molar-refractivity contribution is 5.96. The van der Waals surface area contributed by atoms with Crippen molar-refractivity contribution >= 4 is 16.9 Å². The number of rotatable bonds is 3. The molecule has 1 aromatic carbocycles. The minimum Gasteiger partial charge on any atom is -0.451 e. The van der Waals surface area contributed by atoms with Crippen molar-refractivity contribution in [3.63, 3.8) is 0 Å². The summed E-state index contributed by atoms with van der Waals surface area (Å²) in [6, 6.07) is 9.36. The molecule has 0 aliphatic carbocycles. The van der Waals surface area contributed by atoms with Crippen molar-refractivity contribution in [2.45, 2.75) is 6.92 Å². The number of fused-ring (bicyclic) bond motifs is 1. The van der Waals surface area contributed by atoms with Gasteiger partial charge in [-0.05, 0) is 12.1 Å². The molecule has 1 N–H and O–H groups in total. The summed E-state index contributed by atoms with van der Waals surface area (Å²) in [5.74, 6) is 0.194. The van der Waals surface area contributed by atoms with Gasteiger partial charge in [0.05, 0.1) is 13.2 Å². The molecular formula is C14H15NO3. The van der Waals surface area contributed by atoms with Gasteiger partial charge < -0.3 is 14.5 Å². The van der Waals surface area contributed by atoms with Crippen LogP contribution < -0.4 is 5.32 Å². The van der Waals surface area contributed by atoms with Crippen LogP contribution in [0.4, 0.5) is 0 Å². The number of hydrogen-bond donors (Lipinski definition) is 1. The number of hydrogen-bond acceptors (Lipinski definition) is 3. The normalized spacial score (nSPS) is 17.4. The van der Waals surface area contributed by atoms with Crippen LogP contribution in [0, 0.1) is 5.41 Å². The fourth-order valence-electron chi connectivity index (χ4n) is 2.03. The molecule has 1 saturated heterocycles. The van der Waals surface area contributed by atoms with Crippen LogP contribution in [0.3, 0.4) is 0 Å². The molecule has 0 atom stereocenters. The van der Waals surface area contributed by atoms with Gasteiger partial charge in [0.25, 0.3) is 5.91 Å². The molecule has 1 aliphatic heterocycles. The number of carbonyl (C=O) groups is 1. The first-order valence-corrected chi connectivity index (χ1v) is 6.01. The monoisotopic (exact) mass is 245 g/mol. The molecule has 1 aromatic heterocycles. The number of carbonyl (C=O) groups excluding carboxylic acids is 1. The maximum atomic E-state index is 12.0. The van der Waals surface area contributed by atoms with E-state index in [1.165, 1.54) is 0 Å². The highest BCUT2D eigenvalue weighted by Gasteiger charge is 2.33. The molecule has 1 aliphatic rings. The molecule has 0 radical (unpaired) electrons. The van der Waals surface area contributed by atoms with Gasteiger partial charge in [-0.3, -0.25) is 4.79 Å². The Morgan fingerprint density at radius 1 is 1.39 bits per heavy atom. The molecule has 2 heterocycles. The molecule has 4 heteroatoms. The molecule has 1 fully saturated rings. The molecule has 2 aromatic rings. The van der Waals surface area contributed by atoms with Crippen molar-refractivity contribution in [2.24, 2.45) is 5.41 Å². The summed E-state index contributed by atoms with van der Waals surface area (Å²) in [6.45, 7) is 4.11. The molecule has 1 amide bonds. The van der Waals surface area contributed by atoms with E-state index in [0.29, 0.717) is 25.5 Å². The van der Waals surface area contributed by atoms with Crippen molar-refractivity contribution in [1.29, 1.82) is 0 Å². The fourth-order valence-corrected chi connectivity index (χ4v) is 2.03. The number of furan rings is 1. The van der Waals surface area contributed by atoms with E-state index in [1.807, 2.05) is 24.3 Å². The van der Waals surface area contributed by atoms with Gasteiger partial charge in [0.2, 0.25) is 0 Å². The highest BCUT2D eigenvalue weighted by Crippen LogP contribution is 2.25. The number of para-hydroxylation sites is 1. The maximum absolute atomic E-state index is 12.0. The SMILES string of the molecule is CC1(CNC(=O)c2cc3ccccc3o2)COC1. The third-order valence-electron chi connectivity index (χ3n) is 3.23. The topological polar surface area (TPSA) is 51.5 Å². The van der Waals surface area contributed by atoms with E-state index in [2.05, 4.69) is 12.2 Å². The molecule has 0 saturated carbocycles. The quantitative estimate of drug-likeness (QED) is 0.901. The third kappa shape index (κ3) is 1.99. The minimum absolute atomic E-state index is 0.0711. The van der Waals surface area contributed by atoms with E-state index >= 15 is 0 Å². The minimum atomic E-state index is -0.167. The van der Waals surface area contributed by atoms with Crippen molar-refractivity contribution < 1.29 is 13.9 Å². The lowest BCUT2D eigenvalue weighted by molar-refractivity contribution is -0.0978. The van der Waals surface area contributed by atoms with E-state index in [9.17, 15) is 4.79 Å². The van der Waals surface area contributed by atoms with E-state index in [4.69, 9.17) is 9.15 Å². The largest absolute Gasteiger partial charge is 0.451 e. The van der Waals surface area contributed by atoms with Crippen molar-refractivity contribution in [1.82, 2.24) is 5.32 Å². The lowest BCUT2D eigenvalue weighted by Gasteiger charge is -2.37. The Bertz CT molecular complexity index is 550. The lowest BCUT2D eigenvalue weighted by Crippen LogP contribution is -2.48. The summed E-state index contributed by atoms with van der Waals surface area (Å²) in [7, 11) is 0. The lowest BCUT2D eigenvalue weighted by atomic mass is 9.89. The van der Waals surface area contributed by atoms with Gasteiger partial charge in [-0.2, -0.15) is 0 Å². The zero-order valence-electron chi connectivity index (χ0n) is 10.2. The standard InChI is InChI=1S/C14H15NO3/c1-14(8-17-9-14)7-15-13(16)12-6-10-4-2-3-5-11(10)18-12/h2-6H,7-9H2,1H3,(H,15,16). The number of amides is 1. The van der Waals surface area contributed by atoms with Crippen molar-refractivity contribution in [2.75, 3.05) is 19.8 Å². The van der Waals surface area contributed by atoms with Crippen molar-refractivity contribution in [3.05, 3.63) is 36.1 Å². The molecular weight excluding hydrogens is 230 g/mol. The van der Waals surface area contributed by atoms with Gasteiger partial charge in [-0.25, -0.2) is 0 Å². The van der Waals surface area contributed by atoms with E-state index < -0.39 is 0 Å². The van der Waals surface area contributed by atoms with E-state index in [0.717, 1.165) is 11.0 Å². The Morgan fingerprint density at radius 2 is 2.17 bits per heavy atom. The van der Waals surface area contributed by atoms with Crippen LogP contribution in [0.15, 0.2) is 34.7 Å². The maximum Gasteiger partial charge on any atom is 0.287 e. The summed E-state index contributed by atoms with van der Waals surface area (Å²) in [5, 5.41) is 3.83. The smallest absolute Gasteiger partial charge is 0.287 e. The summed E-state index contributed by atoms with van der Waals surface area (Å²) in [5.41, 5.74) is 0.808. The molecule has 0 spiro atoms. The second kappa shape index (κ2) is 4.14. The van der Waals surface area contributed by atoms with Crippen LogP contribution in [-0.2, 0) is 4.74 Å². The Kier molecular flexibility index (Phi) is 2.59. The Balaban J connectivity index is 1.71. The van der Waals surface area contributed by atoms with Crippen LogP contribution >= 0.6 is 0 Å². The highest BCUT2D eigenvalue weighted by atomic mass is 16.5. The summed E-state index contributed by atoms with van der Waals surface area (Å²) < 4.78 is 10.7. The average molecular weight is 245 g/mol. The Labute approximate surface area is 105 Å². The van der Waals surface area contributed by atoms with Gasteiger partial charge in [0, 0.05) is 17.3 Å². The summed E-state index contributed by atoms with van der Waals surface area (Å²) >= 11 is 0. The first-order valence-electron chi connectivity index (χ1n) is 6.01. The molecule has 0 unspecified atom stereocenters. The predicted octanol–water partition coefficient (Wildman–Crippen LogP) is 2.20. The summed E-state index contributed by atoms with van der Waals surface area (Å²) in [4.78, 5) is 12.0. The first kappa shape index (κ1) is 11.3. The van der Waals surface area contributed by atoms with Crippen LogP contribution in [0.5, 0.6) is 0 Å². The Hall–Kier alpha value is -1.81. The van der Waals surface area contributed by atoms with Gasteiger partial charge in [-0.15, -0.1) is 0 Å². The molecule has 94 valence electrons. The van der Waals surface area contributed by atoms with Crippen LogP contribution in [0.25, 0.3) is 11.0 Å². The zero-order valence-corrected chi connectivity index (χ0v) is 10.2. The second-order valence-corrected chi connectivity index (χ2v) is 5.13. The number of nitrogens with one attached hydrogen (secondary N) is 1. The molecule has 4 nitrogen and oxygen atoms in total. The van der Waals surface area contributed by atoms with E-state index in [1.54, 1.807) is 6.07 Å². The zero-order chi connectivity index (χ0) is 12.6. The van der Waals surface area contributed by atoms with Gasteiger partial charge in [-0.1, -0.05) is 25.1 Å². The number of benzene rings is 1. The van der Waals surface area contributed by atoms with E-state index in [-0.39, 0.29) is 11.3 Å². The first-order chi connectivity index (χ1) is 8.66. The predicted molar refractivity (Wildman–Crippen MR) is 67.5 cm³/mol. The summed E-state index contributed by atoms with van der Waals surface area (Å²) in [6.07, 6.45) is 0. The van der Waals surface area contributed by atoms with Gasteiger partial charge in [0.15, 0.2) is 5.76 Å². The molecule has 3 rings (SSSR count). The Morgan fingerprint density at radius 3 is 2.83 bits per heavy atom. The number of ether oxygens (including phenoxy) is 1. The third-order valence-corrected chi connectivity index (χ3v) is 3.23. The van der Waals surface area contributed by atoms with Crippen molar-refractivity contribution in [3.8, 4) is 0 Å². The fraction of sp³-hybridized carbons (Fsp3) is 0.357. The van der Waals surface area contributed by atoms with Gasteiger partial charge in [0.1, 0.15) is 5.58 Å². The van der Waals surface area contributed by atoms with Crippen LogP contribution in [0.1, 0.15) is 17.5 Å². The second-order valence-electron chi connectivity index (χ2n) is 5.13. The molecule has 0 bridgehead atoms. The van der Waals surface area contributed by atoms with Gasteiger partial charge >= 0.3 is 0 Å². The molecule has 18 heavy (non-hydrogen) atoms. The van der Waals surface area contributed by atoms with Crippen LogP contribution in [0.2, 0.25) is 0 Å². The average Bonchev–Trinajstić information content (AvgIpc) is 2.77. The van der Waals surface area contributed by atoms with Crippen LogP contribution in [-0.4, -0.2) is 25.7 Å².